The molecule has 0 aromatic carbocycles. The number of nitrogens with two attached hydrogens (primary N) is 1. The first kappa shape index (κ1) is 12.3. The minimum absolute atomic E-state index is 0.0125. The molecule has 1 aliphatic carbocycles. The van der Waals surface area contributed by atoms with Gasteiger partial charge in [-0.1, -0.05) is 0 Å². The lowest BCUT2D eigenvalue weighted by Crippen LogP contribution is -2.49. The maximum absolute atomic E-state index is 6.01. The molecule has 0 spiro atoms. The molecule has 2 atom stereocenters. The van der Waals surface area contributed by atoms with E-state index in [1.807, 2.05) is 0 Å². The van der Waals surface area contributed by atoms with Gasteiger partial charge in [0.25, 0.3) is 0 Å². The van der Waals surface area contributed by atoms with Crippen LogP contribution in [-0.4, -0.2) is 42.3 Å². The summed E-state index contributed by atoms with van der Waals surface area (Å²) < 4.78 is 5.81. The van der Waals surface area contributed by atoms with Crippen molar-refractivity contribution in [2.75, 3.05) is 19.7 Å². The zero-order valence-corrected chi connectivity index (χ0v) is 10.7. The third kappa shape index (κ3) is 3.19. The number of morpholine rings is 1. The SMILES string of the molecule is CC(C)(N)CCCN1CCOC2CCCC21. The van der Waals surface area contributed by atoms with Gasteiger partial charge in [-0.2, -0.15) is 0 Å². The summed E-state index contributed by atoms with van der Waals surface area (Å²) in [4.78, 5) is 2.63. The number of nitrogens with zero attached hydrogens (tertiary/aromatic N) is 1. The number of ether oxygens (including phenoxy) is 1. The lowest BCUT2D eigenvalue weighted by atomic mass is 9.99. The lowest BCUT2D eigenvalue weighted by Gasteiger charge is -2.38. The Morgan fingerprint density at radius 3 is 2.94 bits per heavy atom. The molecule has 0 aromatic heterocycles. The summed E-state index contributed by atoms with van der Waals surface area (Å²) in [5.74, 6) is 0. The second kappa shape index (κ2) is 5.03. The van der Waals surface area contributed by atoms with Crippen LogP contribution in [0, 0.1) is 0 Å². The highest BCUT2D eigenvalue weighted by Gasteiger charge is 2.35. The molecule has 16 heavy (non-hydrogen) atoms. The Morgan fingerprint density at radius 1 is 1.38 bits per heavy atom. The molecule has 2 N–H and O–H groups in total. The monoisotopic (exact) mass is 226 g/mol. The van der Waals surface area contributed by atoms with Crippen molar-refractivity contribution in [1.29, 1.82) is 0 Å². The molecular weight excluding hydrogens is 200 g/mol. The smallest absolute Gasteiger partial charge is 0.0730 e. The van der Waals surface area contributed by atoms with Gasteiger partial charge in [-0.05, 0) is 52.5 Å². The summed E-state index contributed by atoms with van der Waals surface area (Å²) in [5.41, 5.74) is 6.00. The summed E-state index contributed by atoms with van der Waals surface area (Å²) >= 11 is 0. The molecule has 0 bridgehead atoms. The minimum atomic E-state index is -0.0125. The van der Waals surface area contributed by atoms with Crippen LogP contribution in [0.2, 0.25) is 0 Å². The van der Waals surface area contributed by atoms with Crippen LogP contribution in [0.1, 0.15) is 46.0 Å². The third-order valence-corrected chi connectivity index (χ3v) is 3.86. The van der Waals surface area contributed by atoms with Gasteiger partial charge in [-0.3, -0.25) is 4.90 Å². The molecule has 3 heteroatoms. The van der Waals surface area contributed by atoms with Gasteiger partial charge >= 0.3 is 0 Å². The predicted octanol–water partition coefficient (Wildman–Crippen LogP) is 1.76. The number of rotatable bonds is 4. The second-order valence-corrected chi connectivity index (χ2v) is 6.04. The van der Waals surface area contributed by atoms with Crippen LogP contribution >= 0.6 is 0 Å². The van der Waals surface area contributed by atoms with E-state index in [9.17, 15) is 0 Å². The number of fused-ring (bicyclic) bond motifs is 1. The fourth-order valence-corrected chi connectivity index (χ4v) is 3.02. The molecule has 94 valence electrons. The van der Waals surface area contributed by atoms with E-state index >= 15 is 0 Å². The molecule has 2 unspecified atom stereocenters. The van der Waals surface area contributed by atoms with Gasteiger partial charge in [-0.25, -0.2) is 0 Å². The Morgan fingerprint density at radius 2 is 2.19 bits per heavy atom. The van der Waals surface area contributed by atoms with Crippen molar-refractivity contribution in [3.63, 3.8) is 0 Å². The zero-order valence-electron chi connectivity index (χ0n) is 10.7. The van der Waals surface area contributed by atoms with Crippen LogP contribution < -0.4 is 5.73 Å². The number of hydrogen-bond acceptors (Lipinski definition) is 3. The van der Waals surface area contributed by atoms with Crippen LogP contribution in [0.3, 0.4) is 0 Å². The first-order chi connectivity index (χ1) is 7.56. The Bertz CT molecular complexity index is 224. The van der Waals surface area contributed by atoms with Crippen molar-refractivity contribution in [1.82, 2.24) is 4.90 Å². The average Bonchev–Trinajstić information content (AvgIpc) is 2.64. The molecule has 0 amide bonds. The van der Waals surface area contributed by atoms with E-state index < -0.39 is 0 Å². The van der Waals surface area contributed by atoms with Crippen LogP contribution in [-0.2, 0) is 4.74 Å². The van der Waals surface area contributed by atoms with Crippen LogP contribution in [0.4, 0.5) is 0 Å². The van der Waals surface area contributed by atoms with Crippen LogP contribution in [0.5, 0.6) is 0 Å². The molecule has 1 saturated heterocycles. The summed E-state index contributed by atoms with van der Waals surface area (Å²) in [7, 11) is 0. The first-order valence-corrected chi connectivity index (χ1v) is 6.71. The van der Waals surface area contributed by atoms with Gasteiger partial charge in [0.05, 0.1) is 12.7 Å². The van der Waals surface area contributed by atoms with Crippen molar-refractivity contribution in [2.45, 2.75) is 63.6 Å². The Labute approximate surface area is 99.3 Å². The van der Waals surface area contributed by atoms with E-state index in [2.05, 4.69) is 18.7 Å². The van der Waals surface area contributed by atoms with Gasteiger partial charge < -0.3 is 10.5 Å². The van der Waals surface area contributed by atoms with Crippen molar-refractivity contribution < 1.29 is 4.74 Å². The Hall–Kier alpha value is -0.120. The summed E-state index contributed by atoms with van der Waals surface area (Å²) in [6.07, 6.45) is 6.79. The molecule has 0 aromatic rings. The third-order valence-electron chi connectivity index (χ3n) is 3.86. The molecule has 2 rings (SSSR count). The largest absolute Gasteiger partial charge is 0.375 e. The Balaban J connectivity index is 1.76. The fraction of sp³-hybridized carbons (Fsp3) is 1.00. The molecule has 0 radical (unpaired) electrons. The standard InChI is InChI=1S/C13H26N2O/c1-13(2,14)7-4-8-15-9-10-16-12-6-3-5-11(12)15/h11-12H,3-10,14H2,1-2H3. The molecule has 1 heterocycles. The molecule has 3 nitrogen and oxygen atoms in total. The summed E-state index contributed by atoms with van der Waals surface area (Å²) in [6, 6.07) is 0.703. The van der Waals surface area contributed by atoms with Crippen molar-refractivity contribution in [3.05, 3.63) is 0 Å². The van der Waals surface area contributed by atoms with E-state index in [4.69, 9.17) is 10.5 Å². The quantitative estimate of drug-likeness (QED) is 0.794. The number of hydrogen-bond donors (Lipinski definition) is 1. The minimum Gasteiger partial charge on any atom is -0.375 e. The van der Waals surface area contributed by atoms with E-state index in [-0.39, 0.29) is 5.54 Å². The molecule has 1 aliphatic heterocycles. The van der Waals surface area contributed by atoms with Crippen LogP contribution in [0.15, 0.2) is 0 Å². The van der Waals surface area contributed by atoms with Gasteiger partial charge in [-0.15, -0.1) is 0 Å². The van der Waals surface area contributed by atoms with Gasteiger partial charge in [0.15, 0.2) is 0 Å². The molecular formula is C13H26N2O. The van der Waals surface area contributed by atoms with E-state index in [1.54, 1.807) is 0 Å². The van der Waals surface area contributed by atoms with Crippen molar-refractivity contribution in [3.8, 4) is 0 Å². The highest BCUT2D eigenvalue weighted by molar-refractivity contribution is 4.89. The molecule has 2 aliphatic rings. The van der Waals surface area contributed by atoms with E-state index in [0.717, 1.165) is 19.6 Å². The zero-order chi connectivity index (χ0) is 11.6. The van der Waals surface area contributed by atoms with Gasteiger partial charge in [0.1, 0.15) is 0 Å². The highest BCUT2D eigenvalue weighted by atomic mass is 16.5. The average molecular weight is 226 g/mol. The maximum Gasteiger partial charge on any atom is 0.0730 e. The van der Waals surface area contributed by atoms with E-state index in [0.29, 0.717) is 12.1 Å². The summed E-state index contributed by atoms with van der Waals surface area (Å²) in [6.45, 7) is 7.47. The summed E-state index contributed by atoms with van der Waals surface area (Å²) in [5, 5.41) is 0. The maximum atomic E-state index is 6.01. The Kier molecular flexibility index (Phi) is 3.88. The van der Waals surface area contributed by atoms with E-state index in [1.165, 1.54) is 32.2 Å². The van der Waals surface area contributed by atoms with Crippen molar-refractivity contribution in [2.24, 2.45) is 5.73 Å². The van der Waals surface area contributed by atoms with Crippen molar-refractivity contribution >= 4 is 0 Å². The highest BCUT2D eigenvalue weighted by Crippen LogP contribution is 2.29. The molecule has 2 fully saturated rings. The first-order valence-electron chi connectivity index (χ1n) is 6.71. The van der Waals surface area contributed by atoms with Gasteiger partial charge in [0, 0.05) is 18.1 Å². The lowest BCUT2D eigenvalue weighted by molar-refractivity contribution is -0.0560. The second-order valence-electron chi connectivity index (χ2n) is 6.04. The molecule has 1 saturated carbocycles. The normalized spacial score (nSPS) is 31.7. The topological polar surface area (TPSA) is 38.5 Å². The fourth-order valence-electron chi connectivity index (χ4n) is 3.02. The predicted molar refractivity (Wildman–Crippen MR) is 66.5 cm³/mol. The van der Waals surface area contributed by atoms with Crippen LogP contribution in [0.25, 0.3) is 0 Å². The van der Waals surface area contributed by atoms with Gasteiger partial charge in [0.2, 0.25) is 0 Å².